The number of primary amides is 1. The summed E-state index contributed by atoms with van der Waals surface area (Å²) in [6.07, 6.45) is 0.619. The van der Waals surface area contributed by atoms with Crippen LogP contribution in [-0.4, -0.2) is 12.2 Å². The van der Waals surface area contributed by atoms with E-state index in [9.17, 15) is 9.59 Å². The summed E-state index contributed by atoms with van der Waals surface area (Å²) in [7, 11) is 0. The average Bonchev–Trinajstić information content (AvgIpc) is 2.81. The van der Waals surface area contributed by atoms with Gasteiger partial charge in [0.2, 0.25) is 0 Å². The van der Waals surface area contributed by atoms with E-state index in [0.717, 1.165) is 11.1 Å². The Balaban J connectivity index is 1.85. The van der Waals surface area contributed by atoms with E-state index in [-0.39, 0.29) is 35.8 Å². The van der Waals surface area contributed by atoms with Crippen LogP contribution in [0.4, 0.5) is 0 Å². The minimum Gasteiger partial charge on any atom is -0.488 e. The highest BCUT2D eigenvalue weighted by Crippen LogP contribution is 2.31. The second-order valence-electron chi connectivity index (χ2n) is 6.57. The fourth-order valence-corrected chi connectivity index (χ4v) is 2.82. The van der Waals surface area contributed by atoms with E-state index >= 15 is 0 Å². The monoisotopic (exact) mass is 411 g/mol. The number of benzene rings is 3. The molecule has 0 spiro atoms. The smallest absolute Gasteiger partial charge is 0.256 e. The van der Waals surface area contributed by atoms with Gasteiger partial charge in [-0.1, -0.05) is 24.3 Å². The first-order valence-corrected chi connectivity index (χ1v) is 9.20. The molecule has 2 N–H and O–H groups in total. The highest BCUT2D eigenvalue weighted by Gasteiger charge is 2.19. The molecule has 0 atom stereocenters. The number of aldehydes is 1. The van der Waals surface area contributed by atoms with Gasteiger partial charge in [0.25, 0.3) is 5.91 Å². The van der Waals surface area contributed by atoms with Gasteiger partial charge >= 0.3 is 0 Å². The number of amides is 1. The van der Waals surface area contributed by atoms with Crippen molar-refractivity contribution in [3.8, 4) is 23.6 Å². The number of carbonyl (C=O) groups excluding carboxylic acids is 2. The fourth-order valence-electron chi connectivity index (χ4n) is 2.82. The molecule has 0 aliphatic carbocycles. The number of carbonyl (C=O) groups is 2. The Bertz CT molecular complexity index is 1100. The maximum absolute atomic E-state index is 12.1. The van der Waals surface area contributed by atoms with Gasteiger partial charge in [0.1, 0.15) is 36.6 Å². The lowest BCUT2D eigenvalue weighted by molar-refractivity contribution is 0.0989. The Morgan fingerprint density at radius 3 is 1.58 bits per heavy atom. The Hall–Kier alpha value is -4.62. The molecule has 0 saturated heterocycles. The average molecular weight is 411 g/mol. The van der Waals surface area contributed by atoms with Gasteiger partial charge in [-0.25, -0.2) is 0 Å². The molecule has 0 saturated carbocycles. The normalized spacial score (nSPS) is 9.87. The maximum atomic E-state index is 12.1. The molecular formula is C24H17N3O4. The highest BCUT2D eigenvalue weighted by atomic mass is 16.5. The second kappa shape index (κ2) is 9.73. The van der Waals surface area contributed by atoms with Crippen LogP contribution in [0.1, 0.15) is 43.0 Å². The summed E-state index contributed by atoms with van der Waals surface area (Å²) in [6.45, 7) is 0.201. The lowest BCUT2D eigenvalue weighted by Crippen LogP contribution is -2.16. The Morgan fingerprint density at radius 2 is 1.26 bits per heavy atom. The summed E-state index contributed by atoms with van der Waals surface area (Å²) in [5.41, 5.74) is 8.41. The molecular weight excluding hydrogens is 394 g/mol. The first-order chi connectivity index (χ1) is 15.0. The molecule has 3 rings (SSSR count). The second-order valence-corrected chi connectivity index (χ2v) is 6.57. The molecule has 1 amide bonds. The SMILES string of the molecule is N#Cc1ccc(COc2cc(C=O)cc(OCc3ccc(C#N)cc3)c2C(N)=O)cc1. The predicted molar refractivity (Wildman–Crippen MR) is 111 cm³/mol. The zero-order valence-corrected chi connectivity index (χ0v) is 16.4. The van der Waals surface area contributed by atoms with Crippen molar-refractivity contribution < 1.29 is 19.1 Å². The topological polar surface area (TPSA) is 126 Å². The fraction of sp³-hybridized carbons (Fsp3) is 0.0833. The van der Waals surface area contributed by atoms with Gasteiger partial charge < -0.3 is 15.2 Å². The molecule has 3 aromatic carbocycles. The van der Waals surface area contributed by atoms with Crippen molar-refractivity contribution in [2.24, 2.45) is 5.73 Å². The number of hydrogen-bond acceptors (Lipinski definition) is 6. The largest absolute Gasteiger partial charge is 0.488 e. The third-order valence-corrected chi connectivity index (χ3v) is 4.43. The van der Waals surface area contributed by atoms with E-state index in [1.54, 1.807) is 48.5 Å². The molecule has 0 heterocycles. The Kier molecular flexibility index (Phi) is 6.62. The molecule has 3 aromatic rings. The maximum Gasteiger partial charge on any atom is 0.256 e. The summed E-state index contributed by atoms with van der Waals surface area (Å²) in [6, 6.07) is 20.5. The molecule has 152 valence electrons. The van der Waals surface area contributed by atoms with Crippen LogP contribution in [-0.2, 0) is 13.2 Å². The minimum atomic E-state index is -0.762. The van der Waals surface area contributed by atoms with Gasteiger partial charge in [0, 0.05) is 5.56 Å². The number of nitriles is 2. The van der Waals surface area contributed by atoms with Crippen LogP contribution >= 0.6 is 0 Å². The number of ether oxygens (including phenoxy) is 2. The van der Waals surface area contributed by atoms with Crippen LogP contribution in [0, 0.1) is 22.7 Å². The summed E-state index contributed by atoms with van der Waals surface area (Å²) in [5.74, 6) is -0.519. The van der Waals surface area contributed by atoms with Gasteiger partial charge in [-0.2, -0.15) is 10.5 Å². The van der Waals surface area contributed by atoms with Crippen molar-refractivity contribution >= 4 is 12.2 Å². The zero-order chi connectivity index (χ0) is 22.2. The quantitative estimate of drug-likeness (QED) is 0.565. The van der Waals surface area contributed by atoms with Crippen molar-refractivity contribution in [2.45, 2.75) is 13.2 Å². The molecule has 0 radical (unpaired) electrons. The summed E-state index contributed by atoms with van der Waals surface area (Å²) >= 11 is 0. The van der Waals surface area contributed by atoms with Gasteiger partial charge in [0.15, 0.2) is 0 Å². The van der Waals surface area contributed by atoms with E-state index in [0.29, 0.717) is 17.4 Å². The lowest BCUT2D eigenvalue weighted by atomic mass is 10.1. The summed E-state index contributed by atoms with van der Waals surface area (Å²) < 4.78 is 11.5. The van der Waals surface area contributed by atoms with Crippen molar-refractivity contribution in [1.82, 2.24) is 0 Å². The van der Waals surface area contributed by atoms with Crippen LogP contribution in [0.15, 0.2) is 60.7 Å². The highest BCUT2D eigenvalue weighted by molar-refractivity contribution is 5.99. The van der Waals surface area contributed by atoms with Crippen molar-refractivity contribution in [1.29, 1.82) is 10.5 Å². The molecule has 7 nitrogen and oxygen atoms in total. The van der Waals surface area contributed by atoms with Crippen molar-refractivity contribution in [2.75, 3.05) is 0 Å². The van der Waals surface area contributed by atoms with Crippen LogP contribution in [0.5, 0.6) is 11.5 Å². The molecule has 0 aliphatic heterocycles. The molecule has 31 heavy (non-hydrogen) atoms. The summed E-state index contributed by atoms with van der Waals surface area (Å²) in [4.78, 5) is 23.5. The van der Waals surface area contributed by atoms with E-state index in [4.69, 9.17) is 25.7 Å². The van der Waals surface area contributed by atoms with Crippen molar-refractivity contribution in [3.05, 3.63) is 94.0 Å². The van der Waals surface area contributed by atoms with Crippen LogP contribution in [0.3, 0.4) is 0 Å². The Labute approximate surface area is 178 Å². The van der Waals surface area contributed by atoms with Gasteiger partial charge in [-0.05, 0) is 47.5 Å². The molecule has 0 aliphatic rings. The third-order valence-electron chi connectivity index (χ3n) is 4.43. The number of hydrogen-bond donors (Lipinski definition) is 1. The number of nitrogens with two attached hydrogens (primary N) is 1. The third kappa shape index (κ3) is 5.26. The first-order valence-electron chi connectivity index (χ1n) is 9.20. The van der Waals surface area contributed by atoms with E-state index < -0.39 is 5.91 Å². The first kappa shape index (κ1) is 21.1. The Morgan fingerprint density at radius 1 is 0.839 bits per heavy atom. The van der Waals surface area contributed by atoms with Crippen LogP contribution in [0.25, 0.3) is 0 Å². The number of rotatable bonds is 8. The molecule has 7 heteroatoms. The zero-order valence-electron chi connectivity index (χ0n) is 16.4. The summed E-state index contributed by atoms with van der Waals surface area (Å²) in [5, 5.41) is 17.8. The van der Waals surface area contributed by atoms with Gasteiger partial charge in [-0.3, -0.25) is 9.59 Å². The molecule has 0 fully saturated rings. The molecule has 0 bridgehead atoms. The number of nitrogens with zero attached hydrogens (tertiary/aromatic N) is 2. The molecule has 0 aromatic heterocycles. The standard InChI is InChI=1S/C24H17N3O4/c25-11-16-1-5-18(6-2-16)14-30-21-9-20(13-28)10-22(23(21)24(27)29)31-15-19-7-3-17(12-26)4-8-19/h1-10,13H,14-15H2,(H2,27,29). The van der Waals surface area contributed by atoms with Crippen LogP contribution in [0.2, 0.25) is 0 Å². The van der Waals surface area contributed by atoms with E-state index in [2.05, 4.69) is 0 Å². The van der Waals surface area contributed by atoms with E-state index in [1.165, 1.54) is 12.1 Å². The van der Waals surface area contributed by atoms with Crippen LogP contribution < -0.4 is 15.2 Å². The van der Waals surface area contributed by atoms with Gasteiger partial charge in [0.05, 0.1) is 23.3 Å². The molecule has 0 unspecified atom stereocenters. The van der Waals surface area contributed by atoms with Gasteiger partial charge in [-0.15, -0.1) is 0 Å². The lowest BCUT2D eigenvalue weighted by Gasteiger charge is -2.16. The predicted octanol–water partition coefficient (Wildman–Crippen LogP) is 3.50. The van der Waals surface area contributed by atoms with Crippen molar-refractivity contribution in [3.63, 3.8) is 0 Å². The minimum absolute atomic E-state index is 0.0212. The van der Waals surface area contributed by atoms with E-state index in [1.807, 2.05) is 12.1 Å².